The Bertz CT molecular complexity index is 1100. The number of hydrogen-bond donors (Lipinski definition) is 1. The van der Waals surface area contributed by atoms with Gasteiger partial charge < -0.3 is 10.2 Å². The predicted octanol–water partition coefficient (Wildman–Crippen LogP) is 4.13. The summed E-state index contributed by atoms with van der Waals surface area (Å²) in [5.41, 5.74) is 1.21. The minimum atomic E-state index is -3.83. The van der Waals surface area contributed by atoms with Gasteiger partial charge in [0.15, 0.2) is 0 Å². The number of rotatable bonds is 11. The van der Waals surface area contributed by atoms with Crippen LogP contribution in [0.2, 0.25) is 10.0 Å². The highest BCUT2D eigenvalue weighted by atomic mass is 35.5. The van der Waals surface area contributed by atoms with E-state index in [0.29, 0.717) is 6.42 Å². The molecule has 2 amide bonds. The molecule has 0 aromatic heterocycles. The molecule has 2 aromatic rings. The summed E-state index contributed by atoms with van der Waals surface area (Å²) in [5.74, 6) is -0.796. The third kappa shape index (κ3) is 7.89. The van der Waals surface area contributed by atoms with E-state index in [4.69, 9.17) is 23.2 Å². The van der Waals surface area contributed by atoms with Crippen molar-refractivity contribution in [2.45, 2.75) is 45.7 Å². The summed E-state index contributed by atoms with van der Waals surface area (Å²) < 4.78 is 26.1. The van der Waals surface area contributed by atoms with E-state index in [-0.39, 0.29) is 34.2 Å². The molecule has 0 saturated heterocycles. The largest absolute Gasteiger partial charge is 0.352 e. The highest BCUT2D eigenvalue weighted by molar-refractivity contribution is 7.92. The molecular weight excluding hydrogens is 497 g/mol. The quantitative estimate of drug-likeness (QED) is 0.475. The molecule has 0 fully saturated rings. The Balaban J connectivity index is 2.33. The molecule has 0 heterocycles. The molecule has 0 unspecified atom stereocenters. The van der Waals surface area contributed by atoms with Crippen LogP contribution in [0.3, 0.4) is 0 Å². The second-order valence-corrected chi connectivity index (χ2v) is 10.9. The van der Waals surface area contributed by atoms with Crippen LogP contribution >= 0.6 is 23.2 Å². The zero-order valence-corrected chi connectivity index (χ0v) is 22.1. The summed E-state index contributed by atoms with van der Waals surface area (Å²) in [6.45, 7) is 5.25. The van der Waals surface area contributed by atoms with Gasteiger partial charge in [-0.3, -0.25) is 13.9 Å². The average molecular weight is 529 g/mol. The maximum atomic E-state index is 13.4. The number of carbonyl (C=O) groups excluding carboxylic acids is 2. The fraction of sp³-hybridized carbons (Fsp3) is 0.417. The van der Waals surface area contributed by atoms with Gasteiger partial charge in [0.1, 0.15) is 12.6 Å². The average Bonchev–Trinajstić information content (AvgIpc) is 2.79. The van der Waals surface area contributed by atoms with E-state index in [2.05, 4.69) is 5.32 Å². The van der Waals surface area contributed by atoms with Gasteiger partial charge in [0.05, 0.1) is 22.0 Å². The molecule has 1 N–H and O–H groups in total. The molecule has 0 aliphatic rings. The lowest BCUT2D eigenvalue weighted by atomic mass is 10.1. The van der Waals surface area contributed by atoms with Gasteiger partial charge in [0.25, 0.3) is 0 Å². The van der Waals surface area contributed by atoms with Gasteiger partial charge in [-0.15, -0.1) is 0 Å². The summed E-state index contributed by atoms with van der Waals surface area (Å²) >= 11 is 12.0. The number of nitrogens with zero attached hydrogens (tertiary/aromatic N) is 2. The number of anilines is 1. The van der Waals surface area contributed by atoms with Gasteiger partial charge in [-0.2, -0.15) is 0 Å². The zero-order valence-electron chi connectivity index (χ0n) is 19.8. The van der Waals surface area contributed by atoms with Crippen molar-refractivity contribution in [1.29, 1.82) is 0 Å². The molecule has 2 rings (SSSR count). The van der Waals surface area contributed by atoms with Crippen molar-refractivity contribution in [1.82, 2.24) is 10.2 Å². The van der Waals surface area contributed by atoms with Crippen LogP contribution in [0.4, 0.5) is 5.69 Å². The lowest BCUT2D eigenvalue weighted by Gasteiger charge is -2.32. The highest BCUT2D eigenvalue weighted by Gasteiger charge is 2.30. The SMILES string of the molecule is CC[C@H](C)NC(=O)[C@@H](C)N(CCc1ccccc1)C(=O)CN(c1ccc(Cl)c(Cl)c1)S(C)(=O)=O. The van der Waals surface area contributed by atoms with Gasteiger partial charge in [-0.05, 0) is 50.5 Å². The van der Waals surface area contributed by atoms with Crippen molar-refractivity contribution in [3.05, 3.63) is 64.1 Å². The normalized spacial score (nSPS) is 13.1. The van der Waals surface area contributed by atoms with E-state index in [1.165, 1.54) is 23.1 Å². The zero-order chi connectivity index (χ0) is 25.5. The number of hydrogen-bond acceptors (Lipinski definition) is 4. The summed E-state index contributed by atoms with van der Waals surface area (Å²) in [4.78, 5) is 27.7. The lowest BCUT2D eigenvalue weighted by Crippen LogP contribution is -2.53. The van der Waals surface area contributed by atoms with Crippen LogP contribution in [0.15, 0.2) is 48.5 Å². The Labute approximate surface area is 212 Å². The number of carbonyl (C=O) groups is 2. The number of nitrogens with one attached hydrogen (secondary N) is 1. The number of amides is 2. The van der Waals surface area contributed by atoms with E-state index in [1.54, 1.807) is 6.92 Å². The third-order valence-corrected chi connectivity index (χ3v) is 7.40. The van der Waals surface area contributed by atoms with E-state index < -0.39 is 28.5 Å². The Morgan fingerprint density at radius 1 is 1.03 bits per heavy atom. The summed E-state index contributed by atoms with van der Waals surface area (Å²) in [6.07, 6.45) is 2.27. The molecule has 2 aromatic carbocycles. The maximum absolute atomic E-state index is 13.4. The Kier molecular flexibility index (Phi) is 10.2. The molecule has 7 nitrogen and oxygen atoms in total. The van der Waals surface area contributed by atoms with Crippen LogP contribution in [0.1, 0.15) is 32.8 Å². The van der Waals surface area contributed by atoms with E-state index in [1.807, 2.05) is 44.2 Å². The monoisotopic (exact) mass is 527 g/mol. The molecule has 0 spiro atoms. The standard InChI is InChI=1S/C24H31Cl2N3O4S/c1-5-17(2)27-24(31)18(3)28(14-13-19-9-7-6-8-10-19)23(30)16-29(34(4,32)33)20-11-12-21(25)22(26)15-20/h6-12,15,17-18H,5,13-14,16H2,1-4H3,(H,27,31)/t17-,18+/m0/s1. The van der Waals surface area contributed by atoms with Crippen molar-refractivity contribution < 1.29 is 18.0 Å². The van der Waals surface area contributed by atoms with Crippen LogP contribution in [-0.4, -0.2) is 56.6 Å². The van der Waals surface area contributed by atoms with Gasteiger partial charge >= 0.3 is 0 Å². The first-order valence-corrected chi connectivity index (χ1v) is 13.6. The van der Waals surface area contributed by atoms with Crippen molar-refractivity contribution >= 4 is 50.7 Å². The first-order valence-electron chi connectivity index (χ1n) is 11.0. The Morgan fingerprint density at radius 2 is 1.68 bits per heavy atom. The van der Waals surface area contributed by atoms with Crippen LogP contribution < -0.4 is 9.62 Å². The number of halogens is 2. The van der Waals surface area contributed by atoms with Crippen LogP contribution in [0.5, 0.6) is 0 Å². The molecule has 0 radical (unpaired) electrons. The second-order valence-electron chi connectivity index (χ2n) is 8.18. The number of sulfonamides is 1. The van der Waals surface area contributed by atoms with Gasteiger partial charge in [0, 0.05) is 12.6 Å². The molecular formula is C24H31Cl2N3O4S. The highest BCUT2D eigenvalue weighted by Crippen LogP contribution is 2.28. The summed E-state index contributed by atoms with van der Waals surface area (Å²) in [6, 6.07) is 13.1. The molecule has 0 aliphatic carbocycles. The third-order valence-electron chi connectivity index (χ3n) is 5.52. The van der Waals surface area contributed by atoms with Gasteiger partial charge in [-0.25, -0.2) is 8.42 Å². The predicted molar refractivity (Wildman–Crippen MR) is 138 cm³/mol. The summed E-state index contributed by atoms with van der Waals surface area (Å²) in [7, 11) is -3.83. The van der Waals surface area contributed by atoms with E-state index in [0.717, 1.165) is 22.5 Å². The molecule has 0 saturated carbocycles. The van der Waals surface area contributed by atoms with Gasteiger partial charge in [-0.1, -0.05) is 60.5 Å². The molecule has 186 valence electrons. The fourth-order valence-corrected chi connectivity index (χ4v) is 4.42. The van der Waals surface area contributed by atoms with Crippen molar-refractivity contribution in [3.8, 4) is 0 Å². The Hall–Kier alpha value is -2.29. The summed E-state index contributed by atoms with van der Waals surface area (Å²) in [5, 5.41) is 3.33. The van der Waals surface area contributed by atoms with Crippen LogP contribution in [0.25, 0.3) is 0 Å². The Morgan fingerprint density at radius 3 is 2.24 bits per heavy atom. The second kappa shape index (κ2) is 12.4. The first kappa shape index (κ1) is 28.0. The van der Waals surface area contributed by atoms with Crippen molar-refractivity contribution in [2.24, 2.45) is 0 Å². The van der Waals surface area contributed by atoms with Crippen LogP contribution in [-0.2, 0) is 26.0 Å². The molecule has 0 bridgehead atoms. The van der Waals surface area contributed by atoms with Crippen LogP contribution in [0, 0.1) is 0 Å². The molecule has 0 aliphatic heterocycles. The lowest BCUT2D eigenvalue weighted by molar-refractivity contribution is -0.139. The van der Waals surface area contributed by atoms with Crippen molar-refractivity contribution in [2.75, 3.05) is 23.7 Å². The topological polar surface area (TPSA) is 86.8 Å². The number of benzene rings is 2. The first-order chi connectivity index (χ1) is 15.9. The molecule has 34 heavy (non-hydrogen) atoms. The molecule has 2 atom stereocenters. The minimum Gasteiger partial charge on any atom is -0.352 e. The van der Waals surface area contributed by atoms with Crippen molar-refractivity contribution in [3.63, 3.8) is 0 Å². The maximum Gasteiger partial charge on any atom is 0.244 e. The smallest absolute Gasteiger partial charge is 0.244 e. The fourth-order valence-electron chi connectivity index (χ4n) is 3.29. The molecule has 10 heteroatoms. The van der Waals surface area contributed by atoms with E-state index in [9.17, 15) is 18.0 Å². The minimum absolute atomic E-state index is 0.0512. The van der Waals surface area contributed by atoms with Gasteiger partial charge in [0.2, 0.25) is 21.8 Å². The van der Waals surface area contributed by atoms with E-state index >= 15 is 0 Å².